The van der Waals surface area contributed by atoms with Crippen molar-refractivity contribution in [2.24, 2.45) is 11.8 Å². The van der Waals surface area contributed by atoms with Crippen molar-refractivity contribution < 1.29 is 0 Å². The van der Waals surface area contributed by atoms with E-state index in [4.69, 9.17) is 0 Å². The van der Waals surface area contributed by atoms with E-state index >= 15 is 0 Å². The van der Waals surface area contributed by atoms with Crippen molar-refractivity contribution in [2.75, 3.05) is 0 Å². The van der Waals surface area contributed by atoms with Gasteiger partial charge in [-0.05, 0) is 30.4 Å². The minimum atomic E-state index is 0.628. The molecular weight excluding hydrogens is 120 g/mol. The van der Waals surface area contributed by atoms with E-state index in [2.05, 4.69) is 45.6 Å². The lowest BCUT2D eigenvalue weighted by atomic mass is 10.1. The van der Waals surface area contributed by atoms with Crippen LogP contribution in [0.5, 0.6) is 0 Å². The fourth-order valence-corrected chi connectivity index (χ4v) is 0.564. The lowest BCUT2D eigenvalue weighted by Crippen LogP contribution is -1.80. The van der Waals surface area contributed by atoms with Gasteiger partial charge in [0.2, 0.25) is 0 Å². The van der Waals surface area contributed by atoms with Gasteiger partial charge < -0.3 is 0 Å². The summed E-state index contributed by atoms with van der Waals surface area (Å²) in [6.07, 6.45) is 5.36. The molecule has 0 aliphatic heterocycles. The highest BCUT2D eigenvalue weighted by atomic mass is 13.9. The van der Waals surface area contributed by atoms with E-state index in [1.165, 1.54) is 0 Å². The zero-order chi connectivity index (χ0) is 7.98. The Hall–Kier alpha value is -0.480. The van der Waals surface area contributed by atoms with Gasteiger partial charge >= 0.3 is 0 Å². The van der Waals surface area contributed by atoms with E-state index in [0.717, 1.165) is 12.3 Å². The second-order valence-corrected chi connectivity index (χ2v) is 3.41. The van der Waals surface area contributed by atoms with Gasteiger partial charge in [0.1, 0.15) is 0 Å². The molecule has 0 aromatic rings. The third-order valence-corrected chi connectivity index (χ3v) is 1.14. The fourth-order valence-electron chi connectivity index (χ4n) is 0.564. The lowest BCUT2D eigenvalue weighted by molar-refractivity contribution is 0.664. The summed E-state index contributed by atoms with van der Waals surface area (Å²) in [5, 5.41) is 0. The summed E-state index contributed by atoms with van der Waals surface area (Å²) in [7, 11) is 0. The van der Waals surface area contributed by atoms with E-state index in [0.29, 0.717) is 5.92 Å². The van der Waals surface area contributed by atoms with Crippen LogP contribution < -0.4 is 0 Å². The molecule has 0 amide bonds. The molecule has 0 nitrogen and oxygen atoms in total. The molecule has 0 heterocycles. The molecule has 0 spiro atoms. The van der Waals surface area contributed by atoms with Crippen molar-refractivity contribution in [3.05, 3.63) is 17.9 Å². The number of rotatable bonds is 3. The van der Waals surface area contributed by atoms with Gasteiger partial charge in [-0.15, -0.1) is 5.73 Å². The molecule has 0 saturated heterocycles. The maximum absolute atomic E-state index is 3.17. The largest absolute Gasteiger partial charge is 0.129 e. The van der Waals surface area contributed by atoms with Crippen molar-refractivity contribution in [3.8, 4) is 0 Å². The van der Waals surface area contributed by atoms with Crippen molar-refractivity contribution in [2.45, 2.75) is 34.1 Å². The Morgan fingerprint density at radius 1 is 1.20 bits per heavy atom. The highest BCUT2D eigenvalue weighted by Gasteiger charge is 1.85. The van der Waals surface area contributed by atoms with Crippen LogP contribution in [0.3, 0.4) is 0 Å². The first-order valence-corrected chi connectivity index (χ1v) is 4.04. The third kappa shape index (κ3) is 7.52. The quantitative estimate of drug-likeness (QED) is 0.524. The molecule has 0 aromatic heterocycles. The fraction of sp³-hybridized carbons (Fsp3) is 0.700. The molecule has 0 N–H and O–H groups in total. The van der Waals surface area contributed by atoms with Crippen LogP contribution in [0.25, 0.3) is 0 Å². The summed E-state index contributed by atoms with van der Waals surface area (Å²) in [5.74, 6) is 1.39. The van der Waals surface area contributed by atoms with Crippen LogP contribution in [-0.2, 0) is 0 Å². The van der Waals surface area contributed by atoms with E-state index in [9.17, 15) is 0 Å². The monoisotopic (exact) mass is 138 g/mol. The first-order chi connectivity index (χ1) is 4.63. The molecule has 0 radical (unpaired) electrons. The minimum Gasteiger partial charge on any atom is -0.129 e. The average Bonchev–Trinajstić information content (AvgIpc) is 1.79. The summed E-state index contributed by atoms with van der Waals surface area (Å²) in [6.45, 7) is 8.76. The molecule has 0 saturated carbocycles. The zero-order valence-electron chi connectivity index (χ0n) is 7.52. The van der Waals surface area contributed by atoms with Crippen molar-refractivity contribution in [1.82, 2.24) is 0 Å². The highest BCUT2D eigenvalue weighted by Crippen LogP contribution is 1.99. The highest BCUT2D eigenvalue weighted by molar-refractivity contribution is 4.87. The van der Waals surface area contributed by atoms with E-state index < -0.39 is 0 Å². The van der Waals surface area contributed by atoms with E-state index in [1.807, 2.05) is 0 Å². The first-order valence-electron chi connectivity index (χ1n) is 4.04. The Kier molecular flexibility index (Phi) is 5.06. The van der Waals surface area contributed by atoms with Gasteiger partial charge in [0.25, 0.3) is 0 Å². The van der Waals surface area contributed by atoms with Crippen molar-refractivity contribution >= 4 is 0 Å². The molecule has 0 aliphatic carbocycles. The standard InChI is InChI=1S/C10H18/c1-9(2)7-5-6-8-10(3)4/h5,8-10H,7H2,1-4H3. The van der Waals surface area contributed by atoms with Crippen molar-refractivity contribution in [1.29, 1.82) is 0 Å². The summed E-state index contributed by atoms with van der Waals surface area (Å²) in [4.78, 5) is 0. The molecule has 0 rings (SSSR count). The van der Waals surface area contributed by atoms with Crippen LogP contribution in [-0.4, -0.2) is 0 Å². The molecule has 58 valence electrons. The second-order valence-electron chi connectivity index (χ2n) is 3.41. The molecule has 0 heteroatoms. The summed E-state index contributed by atoms with van der Waals surface area (Å²) in [6, 6.07) is 0. The van der Waals surface area contributed by atoms with Gasteiger partial charge in [0.15, 0.2) is 0 Å². The Morgan fingerprint density at radius 3 is 2.20 bits per heavy atom. The smallest absolute Gasteiger partial charge is 0.0214 e. The SMILES string of the molecule is CC(C)C=C=CCC(C)C. The van der Waals surface area contributed by atoms with E-state index in [1.54, 1.807) is 0 Å². The van der Waals surface area contributed by atoms with Crippen LogP contribution in [0.1, 0.15) is 34.1 Å². The molecular formula is C10H18. The predicted octanol–water partition coefficient (Wildman–Crippen LogP) is 3.40. The topological polar surface area (TPSA) is 0 Å². The number of hydrogen-bond acceptors (Lipinski definition) is 0. The Labute approximate surface area is 64.6 Å². The van der Waals surface area contributed by atoms with Gasteiger partial charge in [-0.3, -0.25) is 0 Å². The first kappa shape index (κ1) is 9.52. The lowest BCUT2D eigenvalue weighted by Gasteiger charge is -1.93. The molecule has 0 unspecified atom stereocenters. The third-order valence-electron chi connectivity index (χ3n) is 1.14. The number of allylic oxidation sites excluding steroid dienone is 1. The van der Waals surface area contributed by atoms with Crippen LogP contribution in [0.4, 0.5) is 0 Å². The van der Waals surface area contributed by atoms with E-state index in [-0.39, 0.29) is 0 Å². The Morgan fingerprint density at radius 2 is 1.80 bits per heavy atom. The van der Waals surface area contributed by atoms with Crippen LogP contribution >= 0.6 is 0 Å². The van der Waals surface area contributed by atoms with Gasteiger partial charge in [-0.1, -0.05) is 27.7 Å². The van der Waals surface area contributed by atoms with Gasteiger partial charge in [0.05, 0.1) is 0 Å². The van der Waals surface area contributed by atoms with Gasteiger partial charge in [-0.2, -0.15) is 0 Å². The predicted molar refractivity (Wildman–Crippen MR) is 46.9 cm³/mol. The Balaban J connectivity index is 3.54. The summed E-state index contributed by atoms with van der Waals surface area (Å²) >= 11 is 0. The average molecular weight is 138 g/mol. The normalized spacial score (nSPS) is 9.80. The second kappa shape index (κ2) is 5.32. The van der Waals surface area contributed by atoms with Gasteiger partial charge in [0, 0.05) is 0 Å². The summed E-state index contributed by atoms with van der Waals surface area (Å²) < 4.78 is 0. The van der Waals surface area contributed by atoms with Crippen LogP contribution in [0.2, 0.25) is 0 Å². The van der Waals surface area contributed by atoms with Crippen LogP contribution in [0, 0.1) is 11.8 Å². The Bertz CT molecular complexity index is 123. The maximum atomic E-state index is 3.17. The van der Waals surface area contributed by atoms with Gasteiger partial charge in [-0.25, -0.2) is 0 Å². The maximum Gasteiger partial charge on any atom is -0.0214 e. The number of hydrogen-bond donors (Lipinski definition) is 0. The molecule has 0 aromatic carbocycles. The van der Waals surface area contributed by atoms with Crippen molar-refractivity contribution in [3.63, 3.8) is 0 Å². The summed E-state index contributed by atoms with van der Waals surface area (Å²) in [5.41, 5.74) is 3.17. The van der Waals surface area contributed by atoms with Crippen LogP contribution in [0.15, 0.2) is 17.9 Å². The molecule has 0 aliphatic rings. The molecule has 0 atom stereocenters. The minimum absolute atomic E-state index is 0.628. The molecule has 0 bridgehead atoms. The molecule has 0 fully saturated rings. The zero-order valence-corrected chi connectivity index (χ0v) is 7.52. The molecule has 10 heavy (non-hydrogen) atoms.